The predicted molar refractivity (Wildman–Crippen MR) is 52.5 cm³/mol. The number of nitrogens with two attached hydrogens (primary N) is 1. The molecule has 0 bridgehead atoms. The molecule has 0 fully saturated rings. The van der Waals surface area contributed by atoms with Crippen molar-refractivity contribution < 1.29 is 8.78 Å². The molecule has 0 unspecified atom stereocenters. The molecule has 2 N–H and O–H groups in total. The van der Waals surface area contributed by atoms with Crippen molar-refractivity contribution in [1.29, 1.82) is 0 Å². The van der Waals surface area contributed by atoms with Gasteiger partial charge in [-0.05, 0) is 12.1 Å². The van der Waals surface area contributed by atoms with Gasteiger partial charge in [-0.2, -0.15) is 0 Å². The molecule has 0 aliphatic rings. The van der Waals surface area contributed by atoms with Gasteiger partial charge in [0.15, 0.2) is 11.6 Å². The van der Waals surface area contributed by atoms with Gasteiger partial charge in [-0.1, -0.05) is 19.9 Å². The second kappa shape index (κ2) is 4.17. The summed E-state index contributed by atoms with van der Waals surface area (Å²) in [6, 6.07) is 3.58. The van der Waals surface area contributed by atoms with Crippen LogP contribution in [0.3, 0.4) is 0 Å². The van der Waals surface area contributed by atoms with Crippen molar-refractivity contribution in [3.05, 3.63) is 29.8 Å². The number of aliphatic imine (C=N–C) groups is 1. The zero-order valence-corrected chi connectivity index (χ0v) is 8.09. The second-order valence-electron chi connectivity index (χ2n) is 3.26. The monoisotopic (exact) mass is 198 g/mol. The Labute approximate surface area is 81.5 Å². The Kier molecular flexibility index (Phi) is 3.17. The number of hydrogen-bond acceptors (Lipinski definition) is 1. The van der Waals surface area contributed by atoms with Crippen LogP contribution >= 0.6 is 0 Å². The summed E-state index contributed by atoms with van der Waals surface area (Å²) in [6.45, 7) is 3.61. The third-order valence-corrected chi connectivity index (χ3v) is 1.77. The third kappa shape index (κ3) is 2.28. The van der Waals surface area contributed by atoms with Crippen LogP contribution < -0.4 is 5.73 Å². The van der Waals surface area contributed by atoms with Crippen molar-refractivity contribution >= 4 is 11.5 Å². The Hall–Kier alpha value is -1.45. The first-order valence-electron chi connectivity index (χ1n) is 4.30. The normalized spacial score (nSPS) is 12.2. The first-order chi connectivity index (χ1) is 6.52. The van der Waals surface area contributed by atoms with Crippen molar-refractivity contribution in [2.24, 2.45) is 16.6 Å². The average Bonchev–Trinajstić information content (AvgIpc) is 2.11. The summed E-state index contributed by atoms with van der Waals surface area (Å²) in [5, 5.41) is 0. The lowest BCUT2D eigenvalue weighted by Gasteiger charge is -2.04. The van der Waals surface area contributed by atoms with E-state index in [4.69, 9.17) is 5.73 Å². The lowest BCUT2D eigenvalue weighted by Crippen LogP contribution is -2.18. The smallest absolute Gasteiger partial charge is 0.151 e. The topological polar surface area (TPSA) is 38.4 Å². The predicted octanol–water partition coefficient (Wildman–Crippen LogP) is 2.61. The highest BCUT2D eigenvalue weighted by molar-refractivity contribution is 5.84. The van der Waals surface area contributed by atoms with Crippen molar-refractivity contribution in [2.45, 2.75) is 13.8 Å². The maximum absolute atomic E-state index is 13.1. The van der Waals surface area contributed by atoms with E-state index in [0.717, 1.165) is 12.1 Å². The molecule has 1 aromatic rings. The van der Waals surface area contributed by atoms with Crippen LogP contribution in [0.1, 0.15) is 13.8 Å². The largest absolute Gasteiger partial charge is 0.387 e. The van der Waals surface area contributed by atoms with Crippen molar-refractivity contribution in [3.8, 4) is 0 Å². The van der Waals surface area contributed by atoms with Gasteiger partial charge >= 0.3 is 0 Å². The number of rotatable bonds is 2. The van der Waals surface area contributed by atoms with Crippen LogP contribution in [0.5, 0.6) is 0 Å². The number of amidine groups is 1. The lowest BCUT2D eigenvalue weighted by molar-refractivity contribution is 0.587. The molecule has 0 aromatic heterocycles. The zero-order valence-electron chi connectivity index (χ0n) is 8.09. The van der Waals surface area contributed by atoms with Crippen LogP contribution in [0.2, 0.25) is 0 Å². The van der Waals surface area contributed by atoms with Gasteiger partial charge in [-0.15, -0.1) is 0 Å². The molecule has 2 nitrogen and oxygen atoms in total. The van der Waals surface area contributed by atoms with Crippen LogP contribution in [-0.4, -0.2) is 5.84 Å². The molecule has 0 spiro atoms. The Morgan fingerprint density at radius 2 is 1.79 bits per heavy atom. The van der Waals surface area contributed by atoms with Crippen LogP contribution in [0, 0.1) is 17.6 Å². The summed E-state index contributed by atoms with van der Waals surface area (Å²) in [6.07, 6.45) is 0. The molecule has 0 saturated heterocycles. The van der Waals surface area contributed by atoms with Gasteiger partial charge in [0.25, 0.3) is 0 Å². The van der Waals surface area contributed by atoms with E-state index in [1.807, 2.05) is 0 Å². The lowest BCUT2D eigenvalue weighted by atomic mass is 10.2. The van der Waals surface area contributed by atoms with Gasteiger partial charge in [0.05, 0.1) is 0 Å². The van der Waals surface area contributed by atoms with E-state index >= 15 is 0 Å². The van der Waals surface area contributed by atoms with Crippen molar-refractivity contribution in [3.63, 3.8) is 0 Å². The summed E-state index contributed by atoms with van der Waals surface area (Å²) in [5.74, 6) is -1.22. The molecule has 0 amide bonds. The van der Waals surface area contributed by atoms with Crippen LogP contribution in [-0.2, 0) is 0 Å². The van der Waals surface area contributed by atoms with Crippen molar-refractivity contribution in [1.82, 2.24) is 0 Å². The highest BCUT2D eigenvalue weighted by Gasteiger charge is 2.08. The number of halogens is 2. The first-order valence-corrected chi connectivity index (χ1v) is 4.30. The average molecular weight is 198 g/mol. The molecule has 4 heteroatoms. The van der Waals surface area contributed by atoms with Crippen LogP contribution in [0.4, 0.5) is 14.5 Å². The molecular weight excluding hydrogens is 186 g/mol. The molecule has 1 aromatic carbocycles. The fraction of sp³-hybridized carbons (Fsp3) is 0.300. The Morgan fingerprint density at radius 1 is 1.29 bits per heavy atom. The van der Waals surface area contributed by atoms with E-state index in [2.05, 4.69) is 4.99 Å². The Balaban J connectivity index is 3.14. The van der Waals surface area contributed by atoms with Gasteiger partial charge in [-0.25, -0.2) is 13.8 Å². The Morgan fingerprint density at radius 3 is 2.21 bits per heavy atom. The van der Waals surface area contributed by atoms with E-state index in [9.17, 15) is 8.78 Å². The molecule has 0 aliphatic carbocycles. The first kappa shape index (κ1) is 10.6. The van der Waals surface area contributed by atoms with Gasteiger partial charge in [0.1, 0.15) is 11.5 Å². The van der Waals surface area contributed by atoms with E-state index in [1.54, 1.807) is 13.8 Å². The van der Waals surface area contributed by atoms with E-state index < -0.39 is 11.6 Å². The van der Waals surface area contributed by atoms with Crippen LogP contribution in [0.15, 0.2) is 23.2 Å². The number of nitrogens with zero attached hydrogens (tertiary/aromatic N) is 1. The molecule has 0 atom stereocenters. The summed E-state index contributed by atoms with van der Waals surface area (Å²) in [7, 11) is 0. The fourth-order valence-electron chi connectivity index (χ4n) is 0.854. The zero-order chi connectivity index (χ0) is 10.7. The number of para-hydroxylation sites is 1. The molecule has 76 valence electrons. The second-order valence-corrected chi connectivity index (χ2v) is 3.26. The maximum Gasteiger partial charge on any atom is 0.151 e. The minimum Gasteiger partial charge on any atom is -0.387 e. The third-order valence-electron chi connectivity index (χ3n) is 1.77. The summed E-state index contributed by atoms with van der Waals surface area (Å²) >= 11 is 0. The highest BCUT2D eigenvalue weighted by Crippen LogP contribution is 2.21. The van der Waals surface area contributed by atoms with Crippen molar-refractivity contribution in [2.75, 3.05) is 0 Å². The molecule has 0 saturated carbocycles. The van der Waals surface area contributed by atoms with Gasteiger partial charge in [-0.3, -0.25) is 0 Å². The molecule has 14 heavy (non-hydrogen) atoms. The van der Waals surface area contributed by atoms with Gasteiger partial charge in [0, 0.05) is 5.92 Å². The van der Waals surface area contributed by atoms with E-state index in [0.29, 0.717) is 0 Å². The van der Waals surface area contributed by atoms with E-state index in [-0.39, 0.29) is 17.4 Å². The van der Waals surface area contributed by atoms with Gasteiger partial charge in [0.2, 0.25) is 0 Å². The highest BCUT2D eigenvalue weighted by atomic mass is 19.1. The number of hydrogen-bond donors (Lipinski definition) is 1. The molecule has 1 rings (SSSR count). The van der Waals surface area contributed by atoms with E-state index in [1.165, 1.54) is 6.07 Å². The summed E-state index contributed by atoms with van der Waals surface area (Å²) in [5.41, 5.74) is 5.18. The summed E-state index contributed by atoms with van der Waals surface area (Å²) in [4.78, 5) is 3.70. The standard InChI is InChI=1S/C10H12F2N2/c1-6(2)10(13)14-9-7(11)4-3-5-8(9)12/h3-6H,1-2H3,(H2,13,14). The minimum atomic E-state index is -0.700. The fourth-order valence-corrected chi connectivity index (χ4v) is 0.854. The quantitative estimate of drug-likeness (QED) is 0.575. The minimum absolute atomic E-state index is 0.0333. The molecule has 0 radical (unpaired) electrons. The SMILES string of the molecule is CC(C)C(N)=Nc1c(F)cccc1F. The molecular formula is C10H12F2N2. The molecule has 0 aliphatic heterocycles. The maximum atomic E-state index is 13.1. The molecule has 0 heterocycles. The van der Waals surface area contributed by atoms with Crippen LogP contribution in [0.25, 0.3) is 0 Å². The Bertz CT molecular complexity index is 339. The number of benzene rings is 1. The summed E-state index contributed by atoms with van der Waals surface area (Å²) < 4.78 is 26.1. The van der Waals surface area contributed by atoms with Gasteiger partial charge < -0.3 is 5.73 Å².